The highest BCUT2D eigenvalue weighted by Gasteiger charge is 2.19. The van der Waals surface area contributed by atoms with E-state index >= 15 is 0 Å². The second-order valence-electron chi connectivity index (χ2n) is 7.11. The number of benzene rings is 1. The average molecular weight is 396 g/mol. The van der Waals surface area contributed by atoms with Gasteiger partial charge in [-0.15, -0.1) is 0 Å². The first-order valence-corrected chi connectivity index (χ1v) is 9.57. The normalized spacial score (nSPS) is 13.7. The molecule has 1 aliphatic rings. The molecular weight excluding hydrogens is 372 g/mol. The van der Waals surface area contributed by atoms with Gasteiger partial charge in [0.05, 0.1) is 13.7 Å². The Bertz CT molecular complexity index is 1030. The fraction of sp³-hybridized carbons (Fsp3) is 0.400. The fourth-order valence-electron chi connectivity index (χ4n) is 3.29. The van der Waals surface area contributed by atoms with E-state index in [4.69, 9.17) is 9.15 Å². The Morgan fingerprint density at radius 2 is 2.03 bits per heavy atom. The van der Waals surface area contributed by atoms with Crippen LogP contribution in [0, 0.1) is 0 Å². The Kier molecular flexibility index (Phi) is 5.20. The molecule has 2 aromatic heterocycles. The summed E-state index contributed by atoms with van der Waals surface area (Å²) in [4.78, 5) is 30.1. The molecule has 3 aromatic rings. The average Bonchev–Trinajstić information content (AvgIpc) is 3.41. The molecule has 1 aliphatic heterocycles. The van der Waals surface area contributed by atoms with Gasteiger partial charge in [-0.3, -0.25) is 4.79 Å². The van der Waals surface area contributed by atoms with E-state index < -0.39 is 0 Å². The van der Waals surface area contributed by atoms with E-state index in [0.717, 1.165) is 31.3 Å². The maximum atomic E-state index is 12.6. The summed E-state index contributed by atoms with van der Waals surface area (Å²) in [7, 11) is 5.33. The molecule has 1 saturated heterocycles. The number of anilines is 2. The third kappa shape index (κ3) is 3.94. The number of nitrogens with one attached hydrogen (secondary N) is 1. The Labute approximate surface area is 168 Å². The molecule has 0 bridgehead atoms. The van der Waals surface area contributed by atoms with Gasteiger partial charge < -0.3 is 24.3 Å². The number of amides is 1. The van der Waals surface area contributed by atoms with Crippen LogP contribution in [-0.4, -0.2) is 55.2 Å². The zero-order valence-corrected chi connectivity index (χ0v) is 16.8. The number of carbonyl (C=O) groups is 1. The molecule has 0 atom stereocenters. The maximum absolute atomic E-state index is 12.6. The molecule has 29 heavy (non-hydrogen) atoms. The summed E-state index contributed by atoms with van der Waals surface area (Å²) < 4.78 is 11.0. The summed E-state index contributed by atoms with van der Waals surface area (Å²) in [6.45, 7) is 2.05. The van der Waals surface area contributed by atoms with Gasteiger partial charge in [-0.05, 0) is 25.0 Å². The van der Waals surface area contributed by atoms with Gasteiger partial charge in [-0.25, -0.2) is 0 Å². The van der Waals surface area contributed by atoms with Gasteiger partial charge in [0.1, 0.15) is 0 Å². The van der Waals surface area contributed by atoms with Crippen LogP contribution in [-0.2, 0) is 6.54 Å². The van der Waals surface area contributed by atoms with E-state index in [-0.39, 0.29) is 18.2 Å². The predicted octanol–water partition coefficient (Wildman–Crippen LogP) is 2.22. The number of ether oxygens (including phenoxy) is 1. The number of nitrogens with zero attached hydrogens (tertiary/aromatic N) is 5. The third-order valence-electron chi connectivity index (χ3n) is 4.81. The molecule has 0 unspecified atom stereocenters. The van der Waals surface area contributed by atoms with Crippen LogP contribution in [0.5, 0.6) is 5.75 Å². The van der Waals surface area contributed by atoms with Crippen LogP contribution < -0.4 is 19.9 Å². The lowest BCUT2D eigenvalue weighted by atomic mass is 10.2. The van der Waals surface area contributed by atoms with Crippen LogP contribution in [0.25, 0.3) is 11.0 Å². The number of hydrogen-bond acceptors (Lipinski definition) is 8. The van der Waals surface area contributed by atoms with Gasteiger partial charge >= 0.3 is 0 Å². The molecule has 4 rings (SSSR count). The van der Waals surface area contributed by atoms with Crippen molar-refractivity contribution >= 4 is 28.8 Å². The van der Waals surface area contributed by atoms with Crippen molar-refractivity contribution in [2.75, 3.05) is 44.1 Å². The number of para-hydroxylation sites is 1. The zero-order chi connectivity index (χ0) is 20.4. The van der Waals surface area contributed by atoms with Crippen molar-refractivity contribution in [1.82, 2.24) is 20.3 Å². The topological polar surface area (TPSA) is 96.6 Å². The number of fused-ring (bicyclic) bond motifs is 1. The van der Waals surface area contributed by atoms with Gasteiger partial charge in [-0.2, -0.15) is 15.0 Å². The van der Waals surface area contributed by atoms with Crippen molar-refractivity contribution < 1.29 is 13.9 Å². The minimum atomic E-state index is -0.335. The molecular formula is C20H24N6O3. The first-order chi connectivity index (χ1) is 14.0. The maximum Gasteiger partial charge on any atom is 0.287 e. The minimum Gasteiger partial charge on any atom is -0.493 e. The van der Waals surface area contributed by atoms with Crippen LogP contribution >= 0.6 is 0 Å². The SMILES string of the molecule is COc1cccc2cc(C(=O)NCc3nc(N(C)C)nc(N4CCCC4)n3)oc12. The summed E-state index contributed by atoms with van der Waals surface area (Å²) in [5.74, 6) is 2.19. The summed E-state index contributed by atoms with van der Waals surface area (Å²) in [6, 6.07) is 7.21. The molecule has 9 nitrogen and oxygen atoms in total. The van der Waals surface area contributed by atoms with Crippen LogP contribution in [0.15, 0.2) is 28.7 Å². The fourth-order valence-corrected chi connectivity index (χ4v) is 3.29. The lowest BCUT2D eigenvalue weighted by Gasteiger charge is -2.18. The lowest BCUT2D eigenvalue weighted by Crippen LogP contribution is -2.27. The third-order valence-corrected chi connectivity index (χ3v) is 4.81. The molecule has 3 heterocycles. The van der Waals surface area contributed by atoms with Crippen molar-refractivity contribution in [3.63, 3.8) is 0 Å². The van der Waals surface area contributed by atoms with E-state index in [1.54, 1.807) is 19.2 Å². The summed E-state index contributed by atoms with van der Waals surface area (Å²) in [5.41, 5.74) is 0.548. The van der Waals surface area contributed by atoms with Gasteiger partial charge in [0.25, 0.3) is 5.91 Å². The monoisotopic (exact) mass is 396 g/mol. The quantitative estimate of drug-likeness (QED) is 0.678. The van der Waals surface area contributed by atoms with E-state index in [2.05, 4.69) is 25.2 Å². The molecule has 0 aliphatic carbocycles. The van der Waals surface area contributed by atoms with E-state index in [9.17, 15) is 4.79 Å². The summed E-state index contributed by atoms with van der Waals surface area (Å²) in [6.07, 6.45) is 2.26. The van der Waals surface area contributed by atoms with Gasteiger partial charge in [0, 0.05) is 32.6 Å². The lowest BCUT2D eigenvalue weighted by molar-refractivity contribution is 0.0924. The Morgan fingerprint density at radius 1 is 1.24 bits per heavy atom. The molecule has 1 N–H and O–H groups in total. The largest absolute Gasteiger partial charge is 0.493 e. The number of hydrogen-bond donors (Lipinski definition) is 1. The predicted molar refractivity (Wildman–Crippen MR) is 110 cm³/mol. The first kappa shape index (κ1) is 19.0. The van der Waals surface area contributed by atoms with Crippen LogP contribution in [0.4, 0.5) is 11.9 Å². The molecule has 0 spiro atoms. The van der Waals surface area contributed by atoms with Crippen LogP contribution in [0.3, 0.4) is 0 Å². The minimum absolute atomic E-state index is 0.178. The van der Waals surface area contributed by atoms with Crippen molar-refractivity contribution in [1.29, 1.82) is 0 Å². The number of furan rings is 1. The van der Waals surface area contributed by atoms with Gasteiger partial charge in [0.15, 0.2) is 22.9 Å². The summed E-state index contributed by atoms with van der Waals surface area (Å²) in [5, 5.41) is 3.64. The molecule has 0 radical (unpaired) electrons. The highest BCUT2D eigenvalue weighted by Crippen LogP contribution is 2.28. The van der Waals surface area contributed by atoms with Crippen molar-refractivity contribution in [2.45, 2.75) is 19.4 Å². The van der Waals surface area contributed by atoms with Gasteiger partial charge in [0.2, 0.25) is 11.9 Å². The van der Waals surface area contributed by atoms with Crippen molar-refractivity contribution in [3.8, 4) is 5.75 Å². The molecule has 1 aromatic carbocycles. The standard InChI is InChI=1S/C20H24N6O3/c1-25(2)19-22-16(23-20(24-19)26-9-4-5-10-26)12-21-18(27)15-11-13-7-6-8-14(28-3)17(13)29-15/h6-8,11H,4-5,9-10,12H2,1-3H3,(H,21,27). The number of rotatable bonds is 6. The van der Waals surface area contributed by atoms with Crippen LogP contribution in [0.2, 0.25) is 0 Å². The number of aromatic nitrogens is 3. The van der Waals surface area contributed by atoms with Crippen molar-refractivity contribution in [2.24, 2.45) is 0 Å². The van der Waals surface area contributed by atoms with E-state index in [0.29, 0.717) is 29.1 Å². The highest BCUT2D eigenvalue weighted by atomic mass is 16.5. The second kappa shape index (κ2) is 7.94. The Hall–Kier alpha value is -3.36. The molecule has 1 amide bonds. The zero-order valence-electron chi connectivity index (χ0n) is 16.8. The van der Waals surface area contributed by atoms with Crippen LogP contribution in [0.1, 0.15) is 29.2 Å². The van der Waals surface area contributed by atoms with E-state index in [1.165, 1.54) is 0 Å². The highest BCUT2D eigenvalue weighted by molar-refractivity contribution is 5.97. The molecule has 9 heteroatoms. The smallest absolute Gasteiger partial charge is 0.287 e. The Morgan fingerprint density at radius 3 is 2.76 bits per heavy atom. The summed E-state index contributed by atoms with van der Waals surface area (Å²) >= 11 is 0. The van der Waals surface area contributed by atoms with Crippen molar-refractivity contribution in [3.05, 3.63) is 35.9 Å². The molecule has 0 saturated carbocycles. The number of carbonyl (C=O) groups excluding carboxylic acids is 1. The van der Waals surface area contributed by atoms with E-state index in [1.807, 2.05) is 31.1 Å². The van der Waals surface area contributed by atoms with Gasteiger partial charge in [-0.1, -0.05) is 12.1 Å². The number of methoxy groups -OCH3 is 1. The molecule has 152 valence electrons. The second-order valence-corrected chi connectivity index (χ2v) is 7.11. The Balaban J connectivity index is 1.53. The first-order valence-electron chi connectivity index (χ1n) is 9.57. The molecule has 1 fully saturated rings.